The molecule has 0 aliphatic carbocycles. The topological polar surface area (TPSA) is 129 Å². The van der Waals surface area contributed by atoms with Crippen LogP contribution in [-0.2, 0) is 9.59 Å². The van der Waals surface area contributed by atoms with Gasteiger partial charge in [-0.1, -0.05) is 0 Å². The molecular weight excluding hydrogens is 266 g/mol. The van der Waals surface area contributed by atoms with Gasteiger partial charge in [0, 0.05) is 19.7 Å². The summed E-state index contributed by atoms with van der Waals surface area (Å²) in [6.45, 7) is 0. The highest BCUT2D eigenvalue weighted by atomic mass is 16.4. The number of rotatable bonds is 7. The molecule has 1 aromatic rings. The van der Waals surface area contributed by atoms with Crippen molar-refractivity contribution in [3.8, 4) is 0 Å². The molecule has 0 unspecified atom stereocenters. The molecule has 1 heterocycles. The van der Waals surface area contributed by atoms with E-state index in [4.69, 9.17) is 10.2 Å². The highest BCUT2D eigenvalue weighted by Crippen LogP contribution is 2.05. The number of carbonyl (C=O) groups is 3. The molecule has 108 valence electrons. The van der Waals surface area contributed by atoms with Gasteiger partial charge in [0.1, 0.15) is 11.9 Å². The Morgan fingerprint density at radius 2 is 2.00 bits per heavy atom. The lowest BCUT2D eigenvalue weighted by molar-refractivity contribution is -0.140. The van der Waals surface area contributed by atoms with Gasteiger partial charge in [0.25, 0.3) is 5.91 Å². The number of carboxylic acids is 2. The van der Waals surface area contributed by atoms with Gasteiger partial charge in [-0.05, 0) is 18.6 Å². The molecule has 1 amide bonds. The predicted octanol–water partition coefficient (Wildman–Crippen LogP) is 0.171. The monoisotopic (exact) mass is 281 g/mol. The van der Waals surface area contributed by atoms with E-state index < -0.39 is 23.9 Å². The molecule has 1 atom stereocenters. The minimum absolute atomic E-state index is 0.182. The van der Waals surface area contributed by atoms with E-state index in [9.17, 15) is 14.4 Å². The quantitative estimate of drug-likeness (QED) is 0.560. The van der Waals surface area contributed by atoms with Crippen LogP contribution >= 0.6 is 0 Å². The third-order valence-corrected chi connectivity index (χ3v) is 2.53. The summed E-state index contributed by atoms with van der Waals surface area (Å²) in [6, 6.07) is 1.81. The second-order valence-corrected chi connectivity index (χ2v) is 3.98. The lowest BCUT2D eigenvalue weighted by atomic mass is 10.1. The van der Waals surface area contributed by atoms with Crippen molar-refractivity contribution in [3.05, 3.63) is 23.9 Å². The van der Waals surface area contributed by atoms with Crippen LogP contribution < -0.4 is 10.6 Å². The molecule has 8 nitrogen and oxygen atoms in total. The summed E-state index contributed by atoms with van der Waals surface area (Å²) in [5.41, 5.74) is 0.200. The standard InChI is InChI=1S/C12H15N3O5/c1-13-9-4-2-7(6-14-9)11(18)15-8(12(19)20)3-5-10(16)17/h2,4,6,8H,3,5H2,1H3,(H,13,14)(H,15,18)(H,16,17)(H,19,20)/t8-/m1/s1. The smallest absolute Gasteiger partial charge is 0.326 e. The fourth-order valence-corrected chi connectivity index (χ4v) is 1.44. The van der Waals surface area contributed by atoms with E-state index in [0.29, 0.717) is 5.82 Å². The Bertz CT molecular complexity index is 500. The van der Waals surface area contributed by atoms with Crippen molar-refractivity contribution in [2.24, 2.45) is 0 Å². The van der Waals surface area contributed by atoms with Crippen LogP contribution in [0.5, 0.6) is 0 Å². The number of pyridine rings is 1. The summed E-state index contributed by atoms with van der Waals surface area (Å²) in [5.74, 6) is -2.44. The number of amides is 1. The molecule has 0 spiro atoms. The molecule has 0 radical (unpaired) electrons. The van der Waals surface area contributed by atoms with Gasteiger partial charge >= 0.3 is 11.9 Å². The molecular formula is C12H15N3O5. The van der Waals surface area contributed by atoms with E-state index in [1.54, 1.807) is 13.1 Å². The molecule has 1 aromatic heterocycles. The van der Waals surface area contributed by atoms with E-state index >= 15 is 0 Å². The lowest BCUT2D eigenvalue weighted by Gasteiger charge is -2.13. The Balaban J connectivity index is 2.69. The second-order valence-electron chi connectivity index (χ2n) is 3.98. The highest BCUT2D eigenvalue weighted by Gasteiger charge is 2.21. The zero-order valence-corrected chi connectivity index (χ0v) is 10.8. The van der Waals surface area contributed by atoms with Gasteiger partial charge in [-0.3, -0.25) is 9.59 Å². The summed E-state index contributed by atoms with van der Waals surface area (Å²) in [4.78, 5) is 37.1. The van der Waals surface area contributed by atoms with Crippen molar-refractivity contribution in [3.63, 3.8) is 0 Å². The van der Waals surface area contributed by atoms with Crippen molar-refractivity contribution < 1.29 is 24.6 Å². The summed E-state index contributed by atoms with van der Waals surface area (Å²) in [6.07, 6.45) is 0.782. The minimum atomic E-state index is -1.28. The number of hydrogen-bond acceptors (Lipinski definition) is 5. The molecule has 0 saturated carbocycles. The van der Waals surface area contributed by atoms with E-state index in [0.717, 1.165) is 0 Å². The number of aromatic nitrogens is 1. The largest absolute Gasteiger partial charge is 0.481 e. The number of nitrogens with zero attached hydrogens (tertiary/aromatic N) is 1. The van der Waals surface area contributed by atoms with E-state index in [2.05, 4.69) is 15.6 Å². The van der Waals surface area contributed by atoms with Gasteiger partial charge in [0.05, 0.1) is 5.56 Å². The maximum absolute atomic E-state index is 11.8. The Labute approximate surface area is 114 Å². The molecule has 20 heavy (non-hydrogen) atoms. The fraction of sp³-hybridized carbons (Fsp3) is 0.333. The molecule has 0 aliphatic heterocycles. The average molecular weight is 281 g/mol. The first-order valence-electron chi connectivity index (χ1n) is 5.83. The Hall–Kier alpha value is -2.64. The third-order valence-electron chi connectivity index (χ3n) is 2.53. The number of carbonyl (C=O) groups excluding carboxylic acids is 1. The normalized spacial score (nSPS) is 11.4. The van der Waals surface area contributed by atoms with Gasteiger partial charge in [0.2, 0.25) is 0 Å². The Morgan fingerprint density at radius 3 is 2.45 bits per heavy atom. The van der Waals surface area contributed by atoms with Gasteiger partial charge in [-0.25, -0.2) is 9.78 Å². The molecule has 0 fully saturated rings. The number of nitrogens with one attached hydrogen (secondary N) is 2. The SMILES string of the molecule is CNc1ccc(C(=O)N[C@H](CCC(=O)O)C(=O)O)cn1. The predicted molar refractivity (Wildman–Crippen MR) is 69.5 cm³/mol. The second kappa shape index (κ2) is 7.07. The average Bonchev–Trinajstić information content (AvgIpc) is 2.42. The molecule has 4 N–H and O–H groups in total. The van der Waals surface area contributed by atoms with Gasteiger partial charge in [-0.15, -0.1) is 0 Å². The van der Waals surface area contributed by atoms with Crippen LogP contribution in [0.3, 0.4) is 0 Å². The van der Waals surface area contributed by atoms with Crippen molar-refractivity contribution in [1.29, 1.82) is 0 Å². The van der Waals surface area contributed by atoms with Crippen molar-refractivity contribution in [1.82, 2.24) is 10.3 Å². The molecule has 0 saturated heterocycles. The molecule has 0 aliphatic rings. The van der Waals surface area contributed by atoms with Gasteiger partial charge in [-0.2, -0.15) is 0 Å². The Morgan fingerprint density at radius 1 is 1.30 bits per heavy atom. The van der Waals surface area contributed by atoms with Crippen LogP contribution in [0.15, 0.2) is 18.3 Å². The molecule has 1 rings (SSSR count). The van der Waals surface area contributed by atoms with E-state index in [1.165, 1.54) is 12.3 Å². The molecule has 0 bridgehead atoms. The maximum Gasteiger partial charge on any atom is 0.326 e. The third kappa shape index (κ3) is 4.56. The van der Waals surface area contributed by atoms with Crippen LogP contribution in [-0.4, -0.2) is 46.1 Å². The van der Waals surface area contributed by atoms with Crippen LogP contribution in [0.25, 0.3) is 0 Å². The first-order chi connectivity index (χ1) is 9.43. The van der Waals surface area contributed by atoms with Crippen molar-refractivity contribution in [2.75, 3.05) is 12.4 Å². The highest BCUT2D eigenvalue weighted by molar-refractivity contribution is 5.96. The van der Waals surface area contributed by atoms with Gasteiger partial charge in [0.15, 0.2) is 0 Å². The molecule has 8 heteroatoms. The van der Waals surface area contributed by atoms with E-state index in [-0.39, 0.29) is 18.4 Å². The first-order valence-corrected chi connectivity index (χ1v) is 5.83. The summed E-state index contributed by atoms with van der Waals surface area (Å²) >= 11 is 0. The van der Waals surface area contributed by atoms with Crippen molar-refractivity contribution in [2.45, 2.75) is 18.9 Å². The van der Waals surface area contributed by atoms with E-state index in [1.807, 2.05) is 0 Å². The van der Waals surface area contributed by atoms with Crippen LogP contribution in [0.2, 0.25) is 0 Å². The zero-order chi connectivity index (χ0) is 15.1. The summed E-state index contributed by atoms with van der Waals surface area (Å²) in [5, 5.41) is 22.5. The number of aliphatic carboxylic acids is 2. The number of hydrogen-bond donors (Lipinski definition) is 4. The Kier molecular flexibility index (Phi) is 5.45. The van der Waals surface area contributed by atoms with Crippen LogP contribution in [0.1, 0.15) is 23.2 Å². The summed E-state index contributed by atoms with van der Waals surface area (Å²) < 4.78 is 0. The van der Waals surface area contributed by atoms with Crippen LogP contribution in [0.4, 0.5) is 5.82 Å². The number of carboxylic acid groups (broad SMARTS) is 2. The van der Waals surface area contributed by atoms with Crippen molar-refractivity contribution >= 4 is 23.7 Å². The van der Waals surface area contributed by atoms with Gasteiger partial charge < -0.3 is 20.8 Å². The number of anilines is 1. The van der Waals surface area contributed by atoms with Crippen LogP contribution in [0, 0.1) is 0 Å². The maximum atomic E-state index is 11.8. The summed E-state index contributed by atoms with van der Waals surface area (Å²) in [7, 11) is 1.68. The zero-order valence-electron chi connectivity index (χ0n) is 10.8. The molecule has 0 aromatic carbocycles. The lowest BCUT2D eigenvalue weighted by Crippen LogP contribution is -2.41. The minimum Gasteiger partial charge on any atom is -0.481 e. The fourth-order valence-electron chi connectivity index (χ4n) is 1.44. The first kappa shape index (κ1) is 15.4.